The first kappa shape index (κ1) is 20.7. The van der Waals surface area contributed by atoms with Gasteiger partial charge in [-0.1, -0.05) is 23.4 Å². The van der Waals surface area contributed by atoms with Crippen LogP contribution in [0.1, 0.15) is 34.6 Å². The molecule has 3 rings (SSSR count). The number of rotatable bonds is 6. The highest BCUT2D eigenvalue weighted by molar-refractivity contribution is 7.99. The highest BCUT2D eigenvalue weighted by Gasteiger charge is 2.20. The molecule has 2 heterocycles. The summed E-state index contributed by atoms with van der Waals surface area (Å²) < 4.78 is 7.83. The molecule has 150 valence electrons. The van der Waals surface area contributed by atoms with Crippen LogP contribution in [0.15, 0.2) is 29.4 Å². The van der Waals surface area contributed by atoms with Crippen molar-refractivity contribution in [2.45, 2.75) is 44.5 Å². The summed E-state index contributed by atoms with van der Waals surface area (Å²) in [6.07, 6.45) is 2.31. The number of imidazole rings is 1. The smallest absolute Gasteiger partial charge is 0.269 e. The van der Waals surface area contributed by atoms with Crippen molar-refractivity contribution in [2.24, 2.45) is 0 Å². The van der Waals surface area contributed by atoms with Crippen molar-refractivity contribution in [1.82, 2.24) is 20.4 Å². The van der Waals surface area contributed by atoms with Crippen molar-refractivity contribution >= 4 is 35.2 Å². The Hall–Kier alpha value is -2.03. The molecule has 0 bridgehead atoms. The lowest BCUT2D eigenvalue weighted by molar-refractivity contribution is -0.119. The van der Waals surface area contributed by atoms with Gasteiger partial charge in [-0.15, -0.1) is 0 Å². The molecule has 0 radical (unpaired) electrons. The summed E-state index contributed by atoms with van der Waals surface area (Å²) in [5.41, 5.74) is 7.26. The van der Waals surface area contributed by atoms with Crippen LogP contribution >= 0.6 is 23.4 Å². The topological polar surface area (TPSA) is 85.3 Å². The number of carbonyl (C=O) groups is 2. The Bertz CT molecular complexity index is 848. The summed E-state index contributed by atoms with van der Waals surface area (Å²) in [6.45, 7) is 5.52. The molecule has 1 atom stereocenters. The van der Waals surface area contributed by atoms with Crippen LogP contribution in [0.5, 0.6) is 0 Å². The highest BCUT2D eigenvalue weighted by atomic mass is 35.5. The number of amides is 2. The number of nitrogens with zero attached hydrogens (tertiary/aromatic N) is 2. The molecule has 9 heteroatoms. The maximum Gasteiger partial charge on any atom is 0.269 e. The first-order valence-electron chi connectivity index (χ1n) is 9.07. The molecule has 7 nitrogen and oxygen atoms in total. The molecule has 0 spiro atoms. The van der Waals surface area contributed by atoms with Crippen LogP contribution in [-0.2, 0) is 16.1 Å². The normalized spacial score (nSPS) is 16.2. The van der Waals surface area contributed by atoms with Gasteiger partial charge in [-0.25, -0.2) is 4.98 Å². The Morgan fingerprint density at radius 2 is 2.04 bits per heavy atom. The lowest BCUT2D eigenvalue weighted by Gasteiger charge is -2.14. The third kappa shape index (κ3) is 5.27. The number of ether oxygens (including phenoxy) is 1. The molecule has 0 aliphatic carbocycles. The number of carbonyl (C=O) groups excluding carboxylic acids is 2. The summed E-state index contributed by atoms with van der Waals surface area (Å²) in [4.78, 5) is 28.7. The second kappa shape index (κ2) is 9.45. The largest absolute Gasteiger partial charge is 0.376 e. The Balaban J connectivity index is 1.52. The Labute approximate surface area is 173 Å². The highest BCUT2D eigenvalue weighted by Crippen LogP contribution is 2.24. The summed E-state index contributed by atoms with van der Waals surface area (Å²) >= 11 is 7.14. The Morgan fingerprint density at radius 3 is 2.71 bits per heavy atom. The zero-order valence-corrected chi connectivity index (χ0v) is 17.4. The first-order chi connectivity index (χ1) is 13.4. The number of halogens is 1. The Kier molecular flexibility index (Phi) is 6.98. The number of aromatic nitrogens is 2. The van der Waals surface area contributed by atoms with Gasteiger partial charge in [0.2, 0.25) is 5.91 Å². The van der Waals surface area contributed by atoms with Crippen LogP contribution in [0.2, 0.25) is 5.02 Å². The van der Waals surface area contributed by atoms with Gasteiger partial charge in [-0.2, -0.15) is 0 Å². The minimum Gasteiger partial charge on any atom is -0.376 e. The second-order valence-electron chi connectivity index (χ2n) is 6.61. The van der Waals surface area contributed by atoms with Crippen LogP contribution in [0.3, 0.4) is 0 Å². The minimum atomic E-state index is -0.401. The minimum absolute atomic E-state index is 0.141. The van der Waals surface area contributed by atoms with E-state index in [9.17, 15) is 9.59 Å². The molecule has 1 aliphatic rings. The fourth-order valence-corrected chi connectivity index (χ4v) is 3.93. The van der Waals surface area contributed by atoms with Crippen LogP contribution in [0.4, 0.5) is 0 Å². The predicted molar refractivity (Wildman–Crippen MR) is 108 cm³/mol. The van der Waals surface area contributed by atoms with Crippen LogP contribution < -0.4 is 10.9 Å². The molecule has 28 heavy (non-hydrogen) atoms. The standard InChI is InChI=1S/C19H23ClN4O3S/c1-12-13(2)24(10-16-4-3-9-27-16)19(21-12)28-11-17(25)22-23-18(26)14-5-7-15(20)8-6-14/h5-8,16H,3-4,9-11H2,1-2H3,(H,22,25)(H,23,26). The number of aryl methyl sites for hydroxylation is 1. The van der Waals surface area contributed by atoms with E-state index in [1.807, 2.05) is 13.8 Å². The molecular weight excluding hydrogens is 400 g/mol. The van der Waals surface area contributed by atoms with E-state index >= 15 is 0 Å². The molecule has 1 aromatic heterocycles. The maximum atomic E-state index is 12.1. The van der Waals surface area contributed by atoms with Gasteiger partial charge >= 0.3 is 0 Å². The molecular formula is C19H23ClN4O3S. The van der Waals surface area contributed by atoms with Crippen molar-refractivity contribution in [3.05, 3.63) is 46.2 Å². The van der Waals surface area contributed by atoms with Crippen molar-refractivity contribution in [2.75, 3.05) is 12.4 Å². The number of hydrogen-bond acceptors (Lipinski definition) is 5. The number of thioether (sulfide) groups is 1. The van der Waals surface area contributed by atoms with E-state index in [1.54, 1.807) is 24.3 Å². The quantitative estimate of drug-likeness (QED) is 0.552. The SMILES string of the molecule is Cc1nc(SCC(=O)NNC(=O)c2ccc(Cl)cc2)n(CC2CCCO2)c1C. The van der Waals surface area contributed by atoms with E-state index in [0.29, 0.717) is 10.6 Å². The number of hydrogen-bond donors (Lipinski definition) is 2. The lowest BCUT2D eigenvalue weighted by atomic mass is 10.2. The second-order valence-corrected chi connectivity index (χ2v) is 7.99. The van der Waals surface area contributed by atoms with Crippen molar-refractivity contribution in [1.29, 1.82) is 0 Å². The lowest BCUT2D eigenvalue weighted by Crippen LogP contribution is -2.42. The number of nitrogens with one attached hydrogen (secondary N) is 2. The molecule has 1 aliphatic heterocycles. The van der Waals surface area contributed by atoms with E-state index in [0.717, 1.165) is 42.5 Å². The van der Waals surface area contributed by atoms with Gasteiger partial charge in [0.1, 0.15) is 0 Å². The number of hydrazine groups is 1. The average Bonchev–Trinajstić information content (AvgIpc) is 3.29. The number of benzene rings is 1. The fourth-order valence-electron chi connectivity index (χ4n) is 2.91. The molecule has 0 saturated carbocycles. The Morgan fingerprint density at radius 1 is 1.29 bits per heavy atom. The zero-order chi connectivity index (χ0) is 20.1. The van der Waals surface area contributed by atoms with E-state index in [4.69, 9.17) is 16.3 Å². The molecule has 2 amide bonds. The monoisotopic (exact) mass is 422 g/mol. The summed E-state index contributed by atoms with van der Waals surface area (Å²) in [5.74, 6) is -0.571. The van der Waals surface area contributed by atoms with Crippen LogP contribution in [0, 0.1) is 13.8 Å². The van der Waals surface area contributed by atoms with Gasteiger partial charge in [0, 0.05) is 22.9 Å². The van der Waals surface area contributed by atoms with Gasteiger partial charge in [0.25, 0.3) is 5.91 Å². The zero-order valence-electron chi connectivity index (χ0n) is 15.8. The van der Waals surface area contributed by atoms with Crippen LogP contribution in [-0.4, -0.2) is 39.8 Å². The first-order valence-corrected chi connectivity index (χ1v) is 10.4. The van der Waals surface area contributed by atoms with E-state index in [-0.39, 0.29) is 17.8 Å². The van der Waals surface area contributed by atoms with Crippen LogP contribution in [0.25, 0.3) is 0 Å². The van der Waals surface area contributed by atoms with Crippen molar-refractivity contribution in [3.8, 4) is 0 Å². The predicted octanol–water partition coefficient (Wildman–Crippen LogP) is 2.89. The third-order valence-corrected chi connectivity index (χ3v) is 5.82. The molecule has 2 aromatic rings. The molecule has 1 unspecified atom stereocenters. The summed E-state index contributed by atoms with van der Waals surface area (Å²) in [7, 11) is 0. The van der Waals surface area contributed by atoms with E-state index in [2.05, 4.69) is 20.4 Å². The van der Waals surface area contributed by atoms with Gasteiger partial charge in [-0.05, 0) is 51.0 Å². The van der Waals surface area contributed by atoms with Gasteiger partial charge < -0.3 is 9.30 Å². The molecule has 1 aromatic carbocycles. The van der Waals surface area contributed by atoms with E-state index < -0.39 is 5.91 Å². The summed E-state index contributed by atoms with van der Waals surface area (Å²) in [5, 5.41) is 1.32. The van der Waals surface area contributed by atoms with Gasteiger partial charge in [0.15, 0.2) is 5.16 Å². The fraction of sp³-hybridized carbons (Fsp3) is 0.421. The maximum absolute atomic E-state index is 12.1. The van der Waals surface area contributed by atoms with Gasteiger partial charge in [0.05, 0.1) is 24.1 Å². The van der Waals surface area contributed by atoms with Crippen molar-refractivity contribution < 1.29 is 14.3 Å². The van der Waals surface area contributed by atoms with Crippen molar-refractivity contribution in [3.63, 3.8) is 0 Å². The van der Waals surface area contributed by atoms with Gasteiger partial charge in [-0.3, -0.25) is 20.4 Å². The average molecular weight is 423 g/mol. The summed E-state index contributed by atoms with van der Waals surface area (Å²) in [6, 6.07) is 6.41. The molecule has 1 saturated heterocycles. The molecule has 1 fully saturated rings. The third-order valence-electron chi connectivity index (χ3n) is 4.59. The molecule has 2 N–H and O–H groups in total. The van der Waals surface area contributed by atoms with E-state index in [1.165, 1.54) is 11.8 Å².